The van der Waals surface area contributed by atoms with Crippen LogP contribution in [0.2, 0.25) is 5.15 Å². The van der Waals surface area contributed by atoms with E-state index in [1.54, 1.807) is 0 Å². The number of halogens is 6. The Morgan fingerprint density at radius 1 is 1.35 bits per heavy atom. The third kappa shape index (κ3) is 3.95. The van der Waals surface area contributed by atoms with E-state index in [0.717, 1.165) is 11.0 Å². The maximum absolute atomic E-state index is 12.3. The topological polar surface area (TPSA) is 29.0 Å². The molecule has 0 bridgehead atoms. The summed E-state index contributed by atoms with van der Waals surface area (Å²) >= 11 is 5.37. The van der Waals surface area contributed by atoms with Gasteiger partial charge in [-0.15, -0.1) is 0 Å². The molecule has 96 valence electrons. The average molecular weight is 276 g/mol. The third-order valence-electron chi connectivity index (χ3n) is 1.74. The van der Waals surface area contributed by atoms with Crippen LogP contribution in [-0.4, -0.2) is 30.0 Å². The van der Waals surface area contributed by atoms with Crippen molar-refractivity contribution in [2.45, 2.75) is 12.6 Å². The smallest absolute Gasteiger partial charge is 0.354 e. The molecule has 0 N–H and O–H groups in total. The maximum atomic E-state index is 12.3. The van der Waals surface area contributed by atoms with Crippen LogP contribution in [0, 0.1) is 0 Å². The Morgan fingerprint density at radius 3 is 2.41 bits per heavy atom. The predicted molar refractivity (Wildman–Crippen MR) is 51.3 cm³/mol. The van der Waals surface area contributed by atoms with Crippen molar-refractivity contribution in [1.82, 2.24) is 9.97 Å². The van der Waals surface area contributed by atoms with Crippen molar-refractivity contribution in [3.05, 3.63) is 17.0 Å². The Kier molecular flexibility index (Phi) is 4.07. The van der Waals surface area contributed by atoms with Gasteiger partial charge in [-0.1, -0.05) is 11.6 Å². The van der Waals surface area contributed by atoms with Gasteiger partial charge in [0, 0.05) is 13.1 Å². The maximum Gasteiger partial charge on any atom is 0.451 e. The number of aromatic nitrogens is 2. The Hall–Kier alpha value is -1.18. The Morgan fingerprint density at radius 2 is 1.94 bits per heavy atom. The molecule has 0 unspecified atom stereocenters. The van der Waals surface area contributed by atoms with Crippen LogP contribution in [0.4, 0.5) is 27.8 Å². The highest BCUT2D eigenvalue weighted by Crippen LogP contribution is 2.28. The molecule has 0 fully saturated rings. The zero-order valence-electron chi connectivity index (χ0n) is 8.47. The minimum atomic E-state index is -4.77. The summed E-state index contributed by atoms with van der Waals surface area (Å²) < 4.78 is 61.1. The predicted octanol–water partition coefficient (Wildman–Crippen LogP) is 2.85. The van der Waals surface area contributed by atoms with E-state index in [4.69, 9.17) is 11.6 Å². The molecule has 1 heterocycles. The molecule has 1 rings (SSSR count). The van der Waals surface area contributed by atoms with E-state index >= 15 is 0 Å². The van der Waals surface area contributed by atoms with Gasteiger partial charge < -0.3 is 4.90 Å². The largest absolute Gasteiger partial charge is 0.451 e. The Labute approximate surface area is 98.2 Å². The highest BCUT2D eigenvalue weighted by atomic mass is 35.5. The lowest BCUT2D eigenvalue weighted by Gasteiger charge is -2.18. The molecule has 9 heteroatoms. The van der Waals surface area contributed by atoms with Gasteiger partial charge >= 0.3 is 6.18 Å². The fourth-order valence-corrected chi connectivity index (χ4v) is 1.21. The quantitative estimate of drug-likeness (QED) is 0.627. The molecule has 1 aromatic rings. The van der Waals surface area contributed by atoms with Gasteiger partial charge in [0.15, 0.2) is 0 Å². The van der Waals surface area contributed by atoms with Crippen LogP contribution >= 0.6 is 11.6 Å². The summed E-state index contributed by atoms with van der Waals surface area (Å²) in [6.07, 6.45) is -7.46. The fraction of sp³-hybridized carbons (Fsp3) is 0.500. The molecule has 0 aliphatic carbocycles. The normalized spacial score (nSPS) is 12.0. The second-order valence-electron chi connectivity index (χ2n) is 3.14. The molecule has 3 nitrogen and oxygen atoms in total. The summed E-state index contributed by atoms with van der Waals surface area (Å²) in [5.41, 5.74) is 0. The van der Waals surface area contributed by atoms with Crippen molar-refractivity contribution in [2.75, 3.05) is 18.5 Å². The third-order valence-corrected chi connectivity index (χ3v) is 1.93. The summed E-state index contributed by atoms with van der Waals surface area (Å²) in [5.74, 6) is -1.77. The zero-order chi connectivity index (χ0) is 13.2. The second-order valence-corrected chi connectivity index (χ2v) is 3.53. The highest BCUT2D eigenvalue weighted by molar-refractivity contribution is 6.29. The molecule has 0 saturated heterocycles. The van der Waals surface area contributed by atoms with E-state index in [-0.39, 0.29) is 5.82 Å². The van der Waals surface area contributed by atoms with Gasteiger partial charge in [-0.25, -0.2) is 18.7 Å². The van der Waals surface area contributed by atoms with E-state index in [0.29, 0.717) is 0 Å². The molecule has 1 aromatic heterocycles. The molecule has 0 aliphatic rings. The average Bonchev–Trinajstić information content (AvgIpc) is 2.14. The molecular weight excluding hydrogens is 269 g/mol. The first-order valence-electron chi connectivity index (χ1n) is 4.31. The summed E-state index contributed by atoms with van der Waals surface area (Å²) in [4.78, 5) is 6.98. The van der Waals surface area contributed by atoms with Gasteiger partial charge in [0.1, 0.15) is 11.0 Å². The van der Waals surface area contributed by atoms with Crippen LogP contribution in [0.5, 0.6) is 0 Å². The highest BCUT2D eigenvalue weighted by Gasteiger charge is 2.35. The first-order chi connectivity index (χ1) is 7.70. The van der Waals surface area contributed by atoms with E-state index in [1.165, 1.54) is 7.05 Å². The molecule has 17 heavy (non-hydrogen) atoms. The summed E-state index contributed by atoms with van der Waals surface area (Å²) in [5, 5.41) is -0.455. The van der Waals surface area contributed by atoms with Crippen LogP contribution in [0.15, 0.2) is 6.07 Å². The van der Waals surface area contributed by atoms with E-state index in [9.17, 15) is 22.0 Å². The monoisotopic (exact) mass is 275 g/mol. The fourth-order valence-electron chi connectivity index (χ4n) is 1.03. The first-order valence-corrected chi connectivity index (χ1v) is 4.69. The molecule has 0 atom stereocenters. The SMILES string of the molecule is CN(CC(F)F)c1cc(Cl)nc(C(F)(F)F)n1. The van der Waals surface area contributed by atoms with Crippen molar-refractivity contribution in [3.8, 4) is 0 Å². The zero-order valence-corrected chi connectivity index (χ0v) is 9.23. The van der Waals surface area contributed by atoms with Crippen molar-refractivity contribution in [1.29, 1.82) is 0 Å². The van der Waals surface area contributed by atoms with Crippen molar-refractivity contribution >= 4 is 17.4 Å². The number of anilines is 1. The Balaban J connectivity index is 3.05. The van der Waals surface area contributed by atoms with Crippen LogP contribution in [0.25, 0.3) is 0 Å². The Bertz CT molecular complexity index is 395. The first kappa shape index (κ1) is 13.9. The van der Waals surface area contributed by atoms with Crippen LogP contribution < -0.4 is 4.90 Å². The number of hydrogen-bond acceptors (Lipinski definition) is 3. The van der Waals surface area contributed by atoms with Crippen LogP contribution in [0.1, 0.15) is 5.82 Å². The standard InChI is InChI=1S/C8H7ClF5N3/c1-17(3-5(10)11)6-2-4(9)15-7(16-6)8(12,13)14/h2,5H,3H2,1H3. The number of alkyl halides is 5. The van der Waals surface area contributed by atoms with Gasteiger partial charge in [-0.05, 0) is 0 Å². The molecule has 0 aromatic carbocycles. The lowest BCUT2D eigenvalue weighted by Crippen LogP contribution is -2.26. The van der Waals surface area contributed by atoms with Crippen molar-refractivity contribution in [3.63, 3.8) is 0 Å². The molecular formula is C8H7ClF5N3. The molecule has 0 saturated carbocycles. The summed E-state index contributed by atoms with van der Waals surface area (Å²) in [6.45, 7) is -0.745. The molecule has 0 aliphatic heterocycles. The van der Waals surface area contributed by atoms with Crippen LogP contribution in [0.3, 0.4) is 0 Å². The van der Waals surface area contributed by atoms with Crippen molar-refractivity contribution < 1.29 is 22.0 Å². The van der Waals surface area contributed by atoms with Gasteiger partial charge in [0.25, 0.3) is 6.43 Å². The molecule has 0 radical (unpaired) electrons. The lowest BCUT2D eigenvalue weighted by molar-refractivity contribution is -0.144. The molecule has 0 amide bonds. The summed E-state index contributed by atoms with van der Waals surface area (Å²) in [7, 11) is 1.19. The molecule has 0 spiro atoms. The second kappa shape index (κ2) is 4.99. The summed E-state index contributed by atoms with van der Waals surface area (Å²) in [6, 6.07) is 0.985. The van der Waals surface area contributed by atoms with E-state index < -0.39 is 30.1 Å². The number of rotatable bonds is 3. The van der Waals surface area contributed by atoms with Crippen LogP contribution in [-0.2, 0) is 6.18 Å². The minimum Gasteiger partial charge on any atom is -0.354 e. The van der Waals surface area contributed by atoms with Crippen molar-refractivity contribution in [2.24, 2.45) is 0 Å². The number of hydrogen-bond donors (Lipinski definition) is 0. The van der Waals surface area contributed by atoms with Gasteiger partial charge in [-0.3, -0.25) is 0 Å². The number of nitrogens with zero attached hydrogens (tertiary/aromatic N) is 3. The minimum absolute atomic E-state index is 0.308. The van der Waals surface area contributed by atoms with Gasteiger partial charge in [0.05, 0.1) is 6.54 Å². The lowest BCUT2D eigenvalue weighted by atomic mass is 10.4. The van der Waals surface area contributed by atoms with Gasteiger partial charge in [0.2, 0.25) is 5.82 Å². The van der Waals surface area contributed by atoms with Gasteiger partial charge in [-0.2, -0.15) is 13.2 Å². The van der Waals surface area contributed by atoms with E-state index in [1.807, 2.05) is 0 Å². The van der Waals surface area contributed by atoms with E-state index in [2.05, 4.69) is 9.97 Å².